The molecule has 84 valence electrons. The normalized spacial score (nSPS) is 20.1. The maximum atomic E-state index is 11.5. The van der Waals surface area contributed by atoms with Crippen LogP contribution in [0.15, 0.2) is 29.8 Å². The van der Waals surface area contributed by atoms with Crippen molar-refractivity contribution in [1.29, 1.82) is 0 Å². The molecule has 0 fully saturated rings. The minimum Gasteiger partial charge on any atom is -0.501 e. The number of ether oxygens (including phenoxy) is 1. The standard InChI is InChI=1S/C10H7Cl2NO3/c11-5-1-4(2-6(12)3-5)9-7(14)8(15)10(13)16-9/h1-3,9,15H,13H2. The number of Topliss-reactive ketones (excluding diaryl/α,β-unsaturated/α-hetero) is 1. The molecule has 4 nitrogen and oxygen atoms in total. The van der Waals surface area contributed by atoms with Crippen molar-refractivity contribution in [2.45, 2.75) is 6.10 Å². The molecule has 0 aromatic heterocycles. The quantitative estimate of drug-likeness (QED) is 0.812. The number of benzene rings is 1. The zero-order chi connectivity index (χ0) is 11.9. The second-order valence-electron chi connectivity index (χ2n) is 3.28. The van der Waals surface area contributed by atoms with Gasteiger partial charge in [-0.3, -0.25) is 4.79 Å². The van der Waals surface area contributed by atoms with Crippen LogP contribution in [0.3, 0.4) is 0 Å². The van der Waals surface area contributed by atoms with Crippen LogP contribution in [0.25, 0.3) is 0 Å². The molecule has 1 atom stereocenters. The van der Waals surface area contributed by atoms with Gasteiger partial charge in [0.1, 0.15) is 0 Å². The predicted molar refractivity (Wildman–Crippen MR) is 59.1 cm³/mol. The van der Waals surface area contributed by atoms with E-state index in [2.05, 4.69) is 0 Å². The molecule has 3 N–H and O–H groups in total. The van der Waals surface area contributed by atoms with Gasteiger partial charge in [-0.15, -0.1) is 0 Å². The second-order valence-corrected chi connectivity index (χ2v) is 4.15. The van der Waals surface area contributed by atoms with Gasteiger partial charge in [-0.1, -0.05) is 23.2 Å². The van der Waals surface area contributed by atoms with Crippen LogP contribution >= 0.6 is 23.2 Å². The molecule has 1 aliphatic heterocycles. The van der Waals surface area contributed by atoms with E-state index in [1.54, 1.807) is 0 Å². The number of aliphatic hydroxyl groups is 1. The van der Waals surface area contributed by atoms with Crippen LogP contribution in [-0.4, -0.2) is 10.9 Å². The van der Waals surface area contributed by atoms with Crippen LogP contribution in [-0.2, 0) is 9.53 Å². The molecule has 0 spiro atoms. The van der Waals surface area contributed by atoms with Crippen LogP contribution in [0.1, 0.15) is 11.7 Å². The Kier molecular flexibility index (Phi) is 2.69. The maximum absolute atomic E-state index is 11.5. The molecule has 16 heavy (non-hydrogen) atoms. The molecule has 1 aliphatic rings. The lowest BCUT2D eigenvalue weighted by Gasteiger charge is -2.10. The van der Waals surface area contributed by atoms with Crippen molar-refractivity contribution < 1.29 is 14.6 Å². The van der Waals surface area contributed by atoms with Gasteiger partial charge in [-0.2, -0.15) is 0 Å². The molecule has 0 radical (unpaired) electrons. The SMILES string of the molecule is NC1=C(O)C(=O)C(c2cc(Cl)cc(Cl)c2)O1. The number of aliphatic hydroxyl groups excluding tert-OH is 1. The third-order valence-electron chi connectivity index (χ3n) is 2.14. The first-order valence-corrected chi connectivity index (χ1v) is 5.10. The summed E-state index contributed by atoms with van der Waals surface area (Å²) in [5, 5.41) is 10.0. The minimum atomic E-state index is -0.976. The largest absolute Gasteiger partial charge is 0.501 e. The van der Waals surface area contributed by atoms with E-state index < -0.39 is 17.6 Å². The van der Waals surface area contributed by atoms with Crippen LogP contribution in [0.5, 0.6) is 0 Å². The lowest BCUT2D eigenvalue weighted by Crippen LogP contribution is -2.09. The highest BCUT2D eigenvalue weighted by atomic mass is 35.5. The fourth-order valence-corrected chi connectivity index (χ4v) is 1.97. The van der Waals surface area contributed by atoms with Crippen molar-refractivity contribution >= 4 is 29.0 Å². The summed E-state index contributed by atoms with van der Waals surface area (Å²) in [7, 11) is 0. The molecule has 0 bridgehead atoms. The number of halogens is 2. The number of carbonyl (C=O) groups excluding carboxylic acids is 1. The molecule has 0 amide bonds. The maximum Gasteiger partial charge on any atom is 0.247 e. The Morgan fingerprint density at radius 1 is 1.25 bits per heavy atom. The Labute approximate surface area is 101 Å². The summed E-state index contributed by atoms with van der Waals surface area (Å²) in [6, 6.07) is 4.59. The summed E-state index contributed by atoms with van der Waals surface area (Å²) in [5.74, 6) is -1.46. The number of hydrogen-bond acceptors (Lipinski definition) is 4. The summed E-state index contributed by atoms with van der Waals surface area (Å²) in [5.41, 5.74) is 5.75. The van der Waals surface area contributed by atoms with E-state index in [4.69, 9.17) is 33.7 Å². The molecular formula is C10H7Cl2NO3. The third-order valence-corrected chi connectivity index (χ3v) is 2.57. The van der Waals surface area contributed by atoms with Gasteiger partial charge in [0.25, 0.3) is 0 Å². The van der Waals surface area contributed by atoms with Gasteiger partial charge in [-0.25, -0.2) is 0 Å². The molecule has 2 rings (SSSR count). The van der Waals surface area contributed by atoms with Gasteiger partial charge >= 0.3 is 0 Å². The summed E-state index contributed by atoms with van der Waals surface area (Å²) in [6.07, 6.45) is -0.976. The fourth-order valence-electron chi connectivity index (χ4n) is 1.43. The van der Waals surface area contributed by atoms with E-state index in [9.17, 15) is 9.90 Å². The van der Waals surface area contributed by atoms with Gasteiger partial charge in [0.15, 0.2) is 6.10 Å². The summed E-state index contributed by atoms with van der Waals surface area (Å²) < 4.78 is 5.02. The summed E-state index contributed by atoms with van der Waals surface area (Å²) in [6.45, 7) is 0. The number of hydrogen-bond donors (Lipinski definition) is 2. The zero-order valence-corrected chi connectivity index (χ0v) is 9.42. The van der Waals surface area contributed by atoms with E-state index in [1.165, 1.54) is 18.2 Å². The third kappa shape index (κ3) is 1.81. The van der Waals surface area contributed by atoms with Crippen molar-refractivity contribution in [1.82, 2.24) is 0 Å². The number of nitrogens with two attached hydrogens (primary N) is 1. The Hall–Kier alpha value is -1.39. The zero-order valence-electron chi connectivity index (χ0n) is 7.91. The van der Waals surface area contributed by atoms with E-state index in [1.807, 2.05) is 0 Å². The highest BCUT2D eigenvalue weighted by Gasteiger charge is 2.35. The number of carbonyl (C=O) groups is 1. The van der Waals surface area contributed by atoms with Crippen LogP contribution in [0.4, 0.5) is 0 Å². The van der Waals surface area contributed by atoms with Crippen LogP contribution in [0, 0.1) is 0 Å². The Morgan fingerprint density at radius 2 is 1.81 bits per heavy atom. The van der Waals surface area contributed by atoms with Crippen molar-refractivity contribution in [3.8, 4) is 0 Å². The minimum absolute atomic E-state index is 0.286. The molecule has 0 saturated heterocycles. The summed E-state index contributed by atoms with van der Waals surface area (Å²) in [4.78, 5) is 11.5. The van der Waals surface area contributed by atoms with E-state index >= 15 is 0 Å². The predicted octanol–water partition coefficient (Wildman–Crippen LogP) is 2.32. The van der Waals surface area contributed by atoms with Crippen molar-refractivity contribution in [2.75, 3.05) is 0 Å². The molecule has 1 aromatic rings. The van der Waals surface area contributed by atoms with Gasteiger partial charge in [0.2, 0.25) is 17.4 Å². The molecule has 1 heterocycles. The van der Waals surface area contributed by atoms with Gasteiger partial charge in [0, 0.05) is 15.6 Å². The van der Waals surface area contributed by atoms with E-state index in [-0.39, 0.29) is 5.88 Å². The smallest absolute Gasteiger partial charge is 0.247 e. The first-order valence-electron chi connectivity index (χ1n) is 4.34. The molecule has 1 unspecified atom stereocenters. The lowest BCUT2D eigenvalue weighted by molar-refractivity contribution is -0.123. The molecule has 0 aliphatic carbocycles. The first-order chi connectivity index (χ1) is 7.49. The topological polar surface area (TPSA) is 72.5 Å². The Morgan fingerprint density at radius 3 is 2.25 bits per heavy atom. The van der Waals surface area contributed by atoms with Crippen molar-refractivity contribution in [2.24, 2.45) is 5.73 Å². The molecule has 1 aromatic carbocycles. The van der Waals surface area contributed by atoms with Crippen molar-refractivity contribution in [3.05, 3.63) is 45.5 Å². The second kappa shape index (κ2) is 3.88. The average molecular weight is 260 g/mol. The van der Waals surface area contributed by atoms with Crippen LogP contribution < -0.4 is 5.73 Å². The molecule has 0 saturated carbocycles. The monoisotopic (exact) mass is 259 g/mol. The number of ketones is 1. The van der Waals surface area contributed by atoms with E-state index in [0.717, 1.165) is 0 Å². The van der Waals surface area contributed by atoms with E-state index in [0.29, 0.717) is 15.6 Å². The average Bonchev–Trinajstić information content (AvgIpc) is 2.44. The lowest BCUT2D eigenvalue weighted by atomic mass is 10.1. The highest BCUT2D eigenvalue weighted by Crippen LogP contribution is 2.32. The fraction of sp³-hybridized carbons (Fsp3) is 0.100. The number of rotatable bonds is 1. The van der Waals surface area contributed by atoms with Gasteiger partial charge in [0.05, 0.1) is 0 Å². The highest BCUT2D eigenvalue weighted by molar-refractivity contribution is 6.34. The Balaban J connectivity index is 2.38. The first kappa shape index (κ1) is 11.1. The molecular weight excluding hydrogens is 253 g/mol. The van der Waals surface area contributed by atoms with Gasteiger partial charge in [-0.05, 0) is 18.2 Å². The van der Waals surface area contributed by atoms with Crippen LogP contribution in [0.2, 0.25) is 10.0 Å². The van der Waals surface area contributed by atoms with Gasteiger partial charge < -0.3 is 15.6 Å². The summed E-state index contributed by atoms with van der Waals surface area (Å²) >= 11 is 11.6. The van der Waals surface area contributed by atoms with Crippen molar-refractivity contribution in [3.63, 3.8) is 0 Å². The molecule has 6 heteroatoms. The Bertz CT molecular complexity index is 479.